The minimum atomic E-state index is 0.262. The maximum absolute atomic E-state index is 9.61. The van der Waals surface area contributed by atoms with E-state index in [0.717, 1.165) is 12.6 Å². The predicted octanol–water partition coefficient (Wildman–Crippen LogP) is 2.41. The molecule has 88 valence electrons. The van der Waals surface area contributed by atoms with Crippen LogP contribution in [-0.2, 0) is 0 Å². The Morgan fingerprint density at radius 1 is 1.27 bits per heavy atom. The molecule has 0 aromatic carbocycles. The van der Waals surface area contributed by atoms with Crippen LogP contribution in [0.2, 0.25) is 0 Å². The summed E-state index contributed by atoms with van der Waals surface area (Å²) in [7, 11) is 0. The first-order chi connectivity index (χ1) is 7.29. The van der Waals surface area contributed by atoms with Gasteiger partial charge in [0.05, 0.1) is 0 Å². The van der Waals surface area contributed by atoms with Crippen molar-refractivity contribution in [3.05, 3.63) is 0 Å². The summed E-state index contributed by atoms with van der Waals surface area (Å²) in [6.07, 6.45) is 9.17. The number of rotatable bonds is 6. The normalized spacial score (nSPS) is 25.0. The average Bonchev–Trinajstić information content (AvgIpc) is 3.00. The van der Waals surface area contributed by atoms with Gasteiger partial charge >= 0.3 is 0 Å². The van der Waals surface area contributed by atoms with Crippen LogP contribution in [-0.4, -0.2) is 35.7 Å². The minimum absolute atomic E-state index is 0.262. The van der Waals surface area contributed by atoms with Crippen molar-refractivity contribution < 1.29 is 5.11 Å². The number of aliphatic hydroxyl groups excluding tert-OH is 1. The third-order valence-electron chi connectivity index (χ3n) is 4.11. The fraction of sp³-hybridized carbons (Fsp3) is 1.00. The molecule has 2 nitrogen and oxygen atoms in total. The smallest absolute Gasteiger partial charge is 0.0499 e. The zero-order valence-electron chi connectivity index (χ0n) is 10.0. The van der Waals surface area contributed by atoms with Gasteiger partial charge in [0, 0.05) is 24.6 Å². The Kier molecular flexibility index (Phi) is 3.68. The molecule has 15 heavy (non-hydrogen) atoms. The van der Waals surface area contributed by atoms with Crippen LogP contribution in [0.4, 0.5) is 0 Å². The topological polar surface area (TPSA) is 23.5 Å². The van der Waals surface area contributed by atoms with E-state index in [1.54, 1.807) is 0 Å². The lowest BCUT2D eigenvalue weighted by Crippen LogP contribution is -2.40. The molecule has 2 fully saturated rings. The monoisotopic (exact) mass is 211 g/mol. The molecular weight excluding hydrogens is 186 g/mol. The third-order valence-corrected chi connectivity index (χ3v) is 4.11. The molecule has 0 atom stereocenters. The Balaban J connectivity index is 1.90. The summed E-state index contributed by atoms with van der Waals surface area (Å²) in [6.45, 7) is 5.05. The van der Waals surface area contributed by atoms with Gasteiger partial charge in [0.25, 0.3) is 0 Å². The molecule has 0 aromatic rings. The van der Waals surface area contributed by atoms with Gasteiger partial charge in [0.1, 0.15) is 0 Å². The summed E-state index contributed by atoms with van der Waals surface area (Å²) in [5, 5.41) is 9.61. The molecule has 0 amide bonds. The molecule has 0 unspecified atom stereocenters. The Morgan fingerprint density at radius 3 is 2.40 bits per heavy atom. The van der Waals surface area contributed by atoms with Crippen LogP contribution < -0.4 is 0 Å². The van der Waals surface area contributed by atoms with Gasteiger partial charge in [-0.05, 0) is 38.6 Å². The average molecular weight is 211 g/mol. The first-order valence-electron chi connectivity index (χ1n) is 6.64. The Bertz CT molecular complexity index is 195. The van der Waals surface area contributed by atoms with Crippen LogP contribution in [0.25, 0.3) is 0 Å². The van der Waals surface area contributed by atoms with E-state index in [-0.39, 0.29) is 5.41 Å². The van der Waals surface area contributed by atoms with Crippen molar-refractivity contribution in [1.82, 2.24) is 4.90 Å². The Hall–Kier alpha value is -0.0800. The van der Waals surface area contributed by atoms with Crippen molar-refractivity contribution in [3.63, 3.8) is 0 Å². The Labute approximate surface area is 93.7 Å². The molecule has 0 aliphatic heterocycles. The molecule has 0 heterocycles. The molecule has 2 rings (SSSR count). The summed E-state index contributed by atoms with van der Waals surface area (Å²) < 4.78 is 0. The van der Waals surface area contributed by atoms with Crippen LogP contribution in [0, 0.1) is 5.41 Å². The van der Waals surface area contributed by atoms with Gasteiger partial charge in [-0.2, -0.15) is 0 Å². The predicted molar refractivity (Wildman–Crippen MR) is 62.9 cm³/mol. The Morgan fingerprint density at radius 2 is 1.93 bits per heavy atom. The molecule has 2 aliphatic rings. The van der Waals surface area contributed by atoms with Crippen LogP contribution in [0.15, 0.2) is 0 Å². The largest absolute Gasteiger partial charge is 0.396 e. The lowest BCUT2D eigenvalue weighted by Gasteiger charge is -2.34. The maximum atomic E-state index is 9.61. The first-order valence-corrected chi connectivity index (χ1v) is 6.64. The van der Waals surface area contributed by atoms with E-state index in [9.17, 15) is 5.11 Å². The fourth-order valence-corrected chi connectivity index (χ4v) is 3.04. The lowest BCUT2D eigenvalue weighted by atomic mass is 9.86. The van der Waals surface area contributed by atoms with Crippen LogP contribution in [0.3, 0.4) is 0 Å². The standard InChI is InChI=1S/C13H25NO/c1-2-9-14(12-5-6-12)10-13(11-15)7-3-4-8-13/h12,15H,2-11H2,1H3. The summed E-state index contributed by atoms with van der Waals surface area (Å²) in [4.78, 5) is 2.64. The van der Waals surface area contributed by atoms with Gasteiger partial charge in [-0.1, -0.05) is 19.8 Å². The molecule has 0 bridgehead atoms. The van der Waals surface area contributed by atoms with Crippen molar-refractivity contribution >= 4 is 0 Å². The number of hydrogen-bond donors (Lipinski definition) is 1. The zero-order valence-corrected chi connectivity index (χ0v) is 10.0. The second-order valence-electron chi connectivity index (χ2n) is 5.57. The van der Waals surface area contributed by atoms with Crippen molar-refractivity contribution in [2.45, 2.75) is 57.9 Å². The fourth-order valence-electron chi connectivity index (χ4n) is 3.04. The number of aliphatic hydroxyl groups is 1. The summed E-state index contributed by atoms with van der Waals surface area (Å²) >= 11 is 0. The van der Waals surface area contributed by atoms with Crippen molar-refractivity contribution in [3.8, 4) is 0 Å². The van der Waals surface area contributed by atoms with E-state index >= 15 is 0 Å². The summed E-state index contributed by atoms with van der Waals surface area (Å²) in [6, 6.07) is 0.856. The van der Waals surface area contributed by atoms with E-state index in [4.69, 9.17) is 0 Å². The van der Waals surface area contributed by atoms with E-state index in [2.05, 4.69) is 11.8 Å². The molecule has 1 N–H and O–H groups in total. The van der Waals surface area contributed by atoms with Gasteiger partial charge in [-0.25, -0.2) is 0 Å². The molecule has 0 aromatic heterocycles. The highest BCUT2D eigenvalue weighted by atomic mass is 16.3. The molecule has 2 aliphatic carbocycles. The zero-order chi connectivity index (χ0) is 10.7. The highest BCUT2D eigenvalue weighted by Crippen LogP contribution is 2.40. The lowest BCUT2D eigenvalue weighted by molar-refractivity contribution is 0.0746. The van der Waals surface area contributed by atoms with Gasteiger partial charge < -0.3 is 5.11 Å². The highest BCUT2D eigenvalue weighted by Gasteiger charge is 2.38. The van der Waals surface area contributed by atoms with Gasteiger partial charge in [-0.15, -0.1) is 0 Å². The first kappa shape index (κ1) is 11.4. The van der Waals surface area contributed by atoms with Crippen LogP contribution in [0.5, 0.6) is 0 Å². The molecule has 0 saturated heterocycles. The molecule has 2 heteroatoms. The van der Waals surface area contributed by atoms with Crippen molar-refractivity contribution in [1.29, 1.82) is 0 Å². The summed E-state index contributed by atoms with van der Waals surface area (Å²) in [5.41, 5.74) is 0.262. The molecule has 0 spiro atoms. The summed E-state index contributed by atoms with van der Waals surface area (Å²) in [5.74, 6) is 0. The van der Waals surface area contributed by atoms with E-state index in [1.807, 2.05) is 0 Å². The quantitative estimate of drug-likeness (QED) is 0.729. The van der Waals surface area contributed by atoms with E-state index in [0.29, 0.717) is 6.61 Å². The van der Waals surface area contributed by atoms with Gasteiger partial charge in [0.15, 0.2) is 0 Å². The van der Waals surface area contributed by atoms with Crippen molar-refractivity contribution in [2.24, 2.45) is 5.41 Å². The van der Waals surface area contributed by atoms with Gasteiger partial charge in [0.2, 0.25) is 0 Å². The van der Waals surface area contributed by atoms with Gasteiger partial charge in [-0.3, -0.25) is 4.90 Å². The second-order valence-corrected chi connectivity index (χ2v) is 5.57. The molecule has 2 saturated carbocycles. The second kappa shape index (κ2) is 4.84. The van der Waals surface area contributed by atoms with Crippen molar-refractivity contribution in [2.75, 3.05) is 19.7 Å². The number of hydrogen-bond acceptors (Lipinski definition) is 2. The molecular formula is C13H25NO. The maximum Gasteiger partial charge on any atom is 0.0499 e. The molecule has 0 radical (unpaired) electrons. The van der Waals surface area contributed by atoms with Crippen LogP contribution >= 0.6 is 0 Å². The van der Waals surface area contributed by atoms with Crippen LogP contribution in [0.1, 0.15) is 51.9 Å². The highest BCUT2D eigenvalue weighted by molar-refractivity contribution is 4.92. The minimum Gasteiger partial charge on any atom is -0.396 e. The third kappa shape index (κ3) is 2.73. The van der Waals surface area contributed by atoms with E-state index in [1.165, 1.54) is 51.5 Å². The van der Waals surface area contributed by atoms with E-state index < -0.39 is 0 Å². The number of nitrogens with zero attached hydrogens (tertiary/aromatic N) is 1. The SMILES string of the molecule is CCCN(CC1(CO)CCCC1)C1CC1.